The topological polar surface area (TPSA) is 75.7 Å². The minimum atomic E-state index is -0.812. The molecule has 1 aromatic rings. The number of ether oxygens (including phenoxy) is 1. The fraction of sp³-hybridized carbons (Fsp3) is 0.609. The highest BCUT2D eigenvalue weighted by Gasteiger charge is 2.37. The van der Waals surface area contributed by atoms with Gasteiger partial charge >= 0.3 is 5.97 Å². The van der Waals surface area contributed by atoms with Crippen LogP contribution in [0, 0.1) is 5.92 Å². The number of amides is 2. The molecule has 1 aliphatic heterocycles. The van der Waals surface area contributed by atoms with Gasteiger partial charge in [-0.1, -0.05) is 51.5 Å². The van der Waals surface area contributed by atoms with Crippen LogP contribution in [0.15, 0.2) is 24.3 Å². The maximum atomic E-state index is 13.2. The number of esters is 1. The quantitative estimate of drug-likeness (QED) is 0.509. The highest BCUT2D eigenvalue weighted by molar-refractivity contribution is 5.93. The molecule has 0 aliphatic carbocycles. The Morgan fingerprint density at radius 3 is 2.52 bits per heavy atom. The molecular weight excluding hydrogens is 368 g/mol. The van der Waals surface area contributed by atoms with Crippen LogP contribution in [0.1, 0.15) is 64.0 Å². The molecule has 1 heterocycles. The van der Waals surface area contributed by atoms with Crippen molar-refractivity contribution in [2.75, 3.05) is 19.7 Å². The van der Waals surface area contributed by atoms with Gasteiger partial charge in [0.15, 0.2) is 0 Å². The van der Waals surface area contributed by atoms with E-state index in [1.807, 2.05) is 26.0 Å². The molecule has 1 saturated heterocycles. The van der Waals surface area contributed by atoms with Crippen molar-refractivity contribution in [1.29, 1.82) is 0 Å². The Kier molecular flexibility index (Phi) is 8.68. The van der Waals surface area contributed by atoms with E-state index < -0.39 is 12.0 Å². The van der Waals surface area contributed by atoms with E-state index >= 15 is 0 Å². The summed E-state index contributed by atoms with van der Waals surface area (Å²) in [6.45, 7) is 9.35. The van der Waals surface area contributed by atoms with Gasteiger partial charge in [-0.15, -0.1) is 0 Å². The Hall–Kier alpha value is -2.37. The molecule has 2 amide bonds. The monoisotopic (exact) mass is 402 g/mol. The van der Waals surface area contributed by atoms with Crippen molar-refractivity contribution in [2.24, 2.45) is 5.92 Å². The molecule has 6 heteroatoms. The normalized spacial score (nSPS) is 17.8. The van der Waals surface area contributed by atoms with Crippen LogP contribution in [0.3, 0.4) is 0 Å². The summed E-state index contributed by atoms with van der Waals surface area (Å²) in [5, 5.41) is 2.75. The van der Waals surface area contributed by atoms with Crippen molar-refractivity contribution < 1.29 is 19.1 Å². The van der Waals surface area contributed by atoms with Gasteiger partial charge in [-0.05, 0) is 36.8 Å². The van der Waals surface area contributed by atoms with Gasteiger partial charge in [-0.2, -0.15) is 0 Å². The second kappa shape index (κ2) is 11.0. The first-order valence-electron chi connectivity index (χ1n) is 10.7. The maximum Gasteiger partial charge on any atom is 0.308 e. The minimum Gasteiger partial charge on any atom is -0.466 e. The smallest absolute Gasteiger partial charge is 0.308 e. The molecule has 29 heavy (non-hydrogen) atoms. The first-order chi connectivity index (χ1) is 13.8. The molecule has 6 nitrogen and oxygen atoms in total. The molecule has 1 N–H and O–H groups in total. The van der Waals surface area contributed by atoms with Crippen molar-refractivity contribution in [3.8, 4) is 0 Å². The largest absolute Gasteiger partial charge is 0.466 e. The van der Waals surface area contributed by atoms with E-state index in [0.717, 1.165) is 24.8 Å². The van der Waals surface area contributed by atoms with E-state index in [4.69, 9.17) is 4.74 Å². The zero-order valence-electron chi connectivity index (χ0n) is 18.1. The van der Waals surface area contributed by atoms with Crippen molar-refractivity contribution in [1.82, 2.24) is 10.2 Å². The lowest BCUT2D eigenvalue weighted by Crippen LogP contribution is -2.58. The zero-order valence-corrected chi connectivity index (χ0v) is 18.1. The summed E-state index contributed by atoms with van der Waals surface area (Å²) in [5.74, 6) is -0.680. The molecule has 0 spiro atoms. The Labute approximate surface area is 174 Å². The number of rotatable bonds is 9. The molecule has 2 atom stereocenters. The third-order valence-electron chi connectivity index (χ3n) is 5.23. The average Bonchev–Trinajstić information content (AvgIpc) is 2.69. The number of carbonyl (C=O) groups excluding carboxylic acids is 3. The summed E-state index contributed by atoms with van der Waals surface area (Å²) in [6, 6.07) is 7.28. The molecule has 0 aromatic heterocycles. The molecule has 1 aliphatic rings. The van der Waals surface area contributed by atoms with E-state index in [1.54, 1.807) is 0 Å². The number of nitrogens with zero attached hydrogens (tertiary/aromatic N) is 1. The fourth-order valence-corrected chi connectivity index (χ4v) is 3.53. The summed E-state index contributed by atoms with van der Waals surface area (Å²) in [4.78, 5) is 39.2. The van der Waals surface area contributed by atoms with E-state index in [9.17, 15) is 14.4 Å². The van der Waals surface area contributed by atoms with E-state index in [0.29, 0.717) is 25.6 Å². The molecule has 160 valence electrons. The lowest BCUT2D eigenvalue weighted by atomic mass is 9.95. The maximum absolute atomic E-state index is 13.2. The first kappa shape index (κ1) is 22.9. The fourth-order valence-electron chi connectivity index (χ4n) is 3.53. The first-order valence-corrected chi connectivity index (χ1v) is 10.7. The summed E-state index contributed by atoms with van der Waals surface area (Å²) >= 11 is 0. The molecule has 0 radical (unpaired) electrons. The lowest BCUT2D eigenvalue weighted by Gasteiger charge is -2.36. The second-order valence-corrected chi connectivity index (χ2v) is 8.18. The van der Waals surface area contributed by atoms with Crippen LogP contribution in [-0.4, -0.2) is 48.4 Å². The lowest BCUT2D eigenvalue weighted by molar-refractivity contribution is -0.152. The van der Waals surface area contributed by atoms with Crippen molar-refractivity contribution in [3.63, 3.8) is 0 Å². The van der Waals surface area contributed by atoms with E-state index in [1.165, 1.54) is 10.5 Å². The standard InChI is InChI=1S/C23H34N2O4/c1-5-6-13-29-21(26)15-20-22(27)24-11-12-25(20)23(28)17(4)19-9-7-18(8-10-19)14-16(2)3/h7-10,16-17,20H,5-6,11-15H2,1-4H3,(H,24,27). The van der Waals surface area contributed by atoms with Gasteiger partial charge in [0.1, 0.15) is 6.04 Å². The predicted octanol–water partition coefficient (Wildman–Crippen LogP) is 3.05. The van der Waals surface area contributed by atoms with Gasteiger partial charge in [0.25, 0.3) is 0 Å². The van der Waals surface area contributed by atoms with Crippen LogP contribution < -0.4 is 5.32 Å². The highest BCUT2D eigenvalue weighted by atomic mass is 16.5. The van der Waals surface area contributed by atoms with Gasteiger partial charge < -0.3 is 15.0 Å². The number of carbonyl (C=O) groups is 3. The van der Waals surface area contributed by atoms with Gasteiger partial charge in [0.05, 0.1) is 18.9 Å². The molecule has 0 saturated carbocycles. The molecule has 0 bridgehead atoms. The van der Waals surface area contributed by atoms with Gasteiger partial charge in [0.2, 0.25) is 11.8 Å². The zero-order chi connectivity index (χ0) is 21.4. The molecule has 2 unspecified atom stereocenters. The van der Waals surface area contributed by atoms with Gasteiger partial charge in [0, 0.05) is 13.1 Å². The third kappa shape index (κ3) is 6.58. The number of unbranched alkanes of at least 4 members (excludes halogenated alkanes) is 1. The van der Waals surface area contributed by atoms with Crippen LogP contribution in [-0.2, 0) is 25.5 Å². The highest BCUT2D eigenvalue weighted by Crippen LogP contribution is 2.23. The van der Waals surface area contributed by atoms with Gasteiger partial charge in [-0.3, -0.25) is 14.4 Å². The number of piperazine rings is 1. The predicted molar refractivity (Wildman–Crippen MR) is 112 cm³/mol. The molecule has 1 aromatic carbocycles. The summed E-state index contributed by atoms with van der Waals surface area (Å²) in [6.07, 6.45) is 2.60. The Balaban J connectivity index is 2.06. The number of nitrogens with one attached hydrogen (secondary N) is 1. The Morgan fingerprint density at radius 2 is 1.90 bits per heavy atom. The van der Waals surface area contributed by atoms with Crippen LogP contribution >= 0.6 is 0 Å². The molecular formula is C23H34N2O4. The van der Waals surface area contributed by atoms with Crippen molar-refractivity contribution in [2.45, 2.75) is 65.3 Å². The van der Waals surface area contributed by atoms with Crippen molar-refractivity contribution in [3.05, 3.63) is 35.4 Å². The van der Waals surface area contributed by atoms with Crippen LogP contribution in [0.5, 0.6) is 0 Å². The number of hydrogen-bond donors (Lipinski definition) is 1. The SMILES string of the molecule is CCCCOC(=O)CC1C(=O)NCCN1C(=O)C(C)c1ccc(CC(C)C)cc1. The summed E-state index contributed by atoms with van der Waals surface area (Å²) in [5.41, 5.74) is 2.16. The van der Waals surface area contributed by atoms with Crippen LogP contribution in [0.4, 0.5) is 0 Å². The molecule has 2 rings (SSSR count). The summed E-state index contributed by atoms with van der Waals surface area (Å²) < 4.78 is 5.19. The Morgan fingerprint density at radius 1 is 1.21 bits per heavy atom. The Bertz CT molecular complexity index is 699. The van der Waals surface area contributed by atoms with Gasteiger partial charge in [-0.25, -0.2) is 0 Å². The molecule has 1 fully saturated rings. The van der Waals surface area contributed by atoms with E-state index in [2.05, 4.69) is 31.3 Å². The number of benzene rings is 1. The van der Waals surface area contributed by atoms with Crippen LogP contribution in [0.25, 0.3) is 0 Å². The minimum absolute atomic E-state index is 0.110. The average molecular weight is 403 g/mol. The number of hydrogen-bond acceptors (Lipinski definition) is 4. The van der Waals surface area contributed by atoms with Crippen molar-refractivity contribution >= 4 is 17.8 Å². The third-order valence-corrected chi connectivity index (χ3v) is 5.23. The second-order valence-electron chi connectivity index (χ2n) is 8.18. The van der Waals surface area contributed by atoms with E-state index in [-0.39, 0.29) is 24.2 Å². The summed E-state index contributed by atoms with van der Waals surface area (Å²) in [7, 11) is 0. The van der Waals surface area contributed by atoms with Crippen LogP contribution in [0.2, 0.25) is 0 Å².